The minimum atomic E-state index is -4.45. The molecule has 31 heavy (non-hydrogen) atoms. The molecule has 0 radical (unpaired) electrons. The van der Waals surface area contributed by atoms with Gasteiger partial charge in [0.15, 0.2) is 11.5 Å². The summed E-state index contributed by atoms with van der Waals surface area (Å²) in [5.74, 6) is 1.20. The van der Waals surface area contributed by atoms with E-state index in [9.17, 15) is 18.0 Å². The lowest BCUT2D eigenvalue weighted by molar-refractivity contribution is -0.137. The summed E-state index contributed by atoms with van der Waals surface area (Å²) in [6.45, 7) is 2.45. The standard InChI is InChI=1S/C23H26F3NO4/c1-4-6-22(28)27-10-9-15-11-20(29-2)21(30-3)13-18(15)19(27)14-31-17-8-5-7-16(12-17)23(24,25)26/h5,7-8,11-13,19H,4,6,9-10,14H2,1-3H3. The van der Waals surface area contributed by atoms with Gasteiger partial charge in [0.05, 0.1) is 25.8 Å². The molecule has 1 atom stereocenters. The summed E-state index contributed by atoms with van der Waals surface area (Å²) >= 11 is 0. The molecule has 1 heterocycles. The highest BCUT2D eigenvalue weighted by Gasteiger charge is 2.33. The summed E-state index contributed by atoms with van der Waals surface area (Å²) in [6.07, 6.45) is -2.72. The maximum Gasteiger partial charge on any atom is 0.416 e. The van der Waals surface area contributed by atoms with Gasteiger partial charge in [-0.05, 0) is 54.3 Å². The zero-order valence-electron chi connectivity index (χ0n) is 17.8. The number of carbonyl (C=O) groups excluding carboxylic acids is 1. The zero-order chi connectivity index (χ0) is 22.6. The Morgan fingerprint density at radius 3 is 2.48 bits per heavy atom. The molecule has 0 aliphatic carbocycles. The Kier molecular flexibility index (Phi) is 6.97. The van der Waals surface area contributed by atoms with Gasteiger partial charge in [0.25, 0.3) is 0 Å². The van der Waals surface area contributed by atoms with Gasteiger partial charge in [0.2, 0.25) is 5.91 Å². The molecule has 8 heteroatoms. The average Bonchev–Trinajstić information content (AvgIpc) is 2.76. The van der Waals surface area contributed by atoms with Gasteiger partial charge in [-0.3, -0.25) is 4.79 Å². The Labute approximate surface area is 179 Å². The molecule has 5 nitrogen and oxygen atoms in total. The predicted molar refractivity (Wildman–Crippen MR) is 110 cm³/mol. The smallest absolute Gasteiger partial charge is 0.416 e. The summed E-state index contributed by atoms with van der Waals surface area (Å²) in [5.41, 5.74) is 1.07. The van der Waals surface area contributed by atoms with Crippen LogP contribution < -0.4 is 14.2 Å². The highest BCUT2D eigenvalue weighted by Crippen LogP contribution is 2.39. The molecule has 0 bridgehead atoms. The third-order valence-electron chi connectivity index (χ3n) is 5.36. The van der Waals surface area contributed by atoms with Crippen molar-refractivity contribution >= 4 is 5.91 Å². The Balaban J connectivity index is 1.93. The van der Waals surface area contributed by atoms with Gasteiger partial charge in [0, 0.05) is 13.0 Å². The van der Waals surface area contributed by atoms with Crippen molar-refractivity contribution in [3.05, 3.63) is 53.1 Å². The number of hydrogen-bond acceptors (Lipinski definition) is 4. The van der Waals surface area contributed by atoms with E-state index in [0.717, 1.165) is 23.3 Å². The molecular weight excluding hydrogens is 411 g/mol. The topological polar surface area (TPSA) is 48.0 Å². The van der Waals surface area contributed by atoms with Crippen LogP contribution in [0.1, 0.15) is 42.5 Å². The van der Waals surface area contributed by atoms with Crippen LogP contribution in [0, 0.1) is 0 Å². The van der Waals surface area contributed by atoms with Crippen LogP contribution >= 0.6 is 0 Å². The van der Waals surface area contributed by atoms with Crippen molar-refractivity contribution in [3.8, 4) is 17.2 Å². The Morgan fingerprint density at radius 2 is 1.84 bits per heavy atom. The number of amides is 1. The molecule has 0 saturated carbocycles. The number of ether oxygens (including phenoxy) is 3. The first-order valence-corrected chi connectivity index (χ1v) is 10.1. The lowest BCUT2D eigenvalue weighted by Crippen LogP contribution is -2.42. The van der Waals surface area contributed by atoms with Crippen LogP contribution in [0.5, 0.6) is 17.2 Å². The SMILES string of the molecule is CCCC(=O)N1CCc2cc(OC)c(OC)cc2C1COc1cccc(C(F)(F)F)c1. The maximum absolute atomic E-state index is 13.0. The molecule has 1 unspecified atom stereocenters. The number of benzene rings is 2. The van der Waals surface area contributed by atoms with E-state index in [1.54, 1.807) is 12.0 Å². The molecule has 0 saturated heterocycles. The van der Waals surface area contributed by atoms with Crippen molar-refractivity contribution in [2.45, 2.75) is 38.4 Å². The number of fused-ring (bicyclic) bond motifs is 1. The average molecular weight is 437 g/mol. The summed E-state index contributed by atoms with van der Waals surface area (Å²) in [7, 11) is 3.08. The lowest BCUT2D eigenvalue weighted by atomic mass is 9.91. The van der Waals surface area contributed by atoms with Crippen molar-refractivity contribution in [1.29, 1.82) is 0 Å². The molecule has 1 aliphatic rings. The maximum atomic E-state index is 13.0. The van der Waals surface area contributed by atoms with Gasteiger partial charge in [-0.25, -0.2) is 0 Å². The number of alkyl halides is 3. The molecule has 0 fully saturated rings. The largest absolute Gasteiger partial charge is 0.493 e. The third kappa shape index (κ3) is 5.06. The number of rotatable bonds is 7. The summed E-state index contributed by atoms with van der Waals surface area (Å²) < 4.78 is 55.7. The van der Waals surface area contributed by atoms with Gasteiger partial charge in [0.1, 0.15) is 12.4 Å². The molecule has 3 rings (SSSR count). The molecule has 0 N–H and O–H groups in total. The first kappa shape index (κ1) is 22.8. The Bertz CT molecular complexity index is 930. The van der Waals surface area contributed by atoms with Crippen molar-refractivity contribution in [2.24, 2.45) is 0 Å². The van der Waals surface area contributed by atoms with E-state index in [2.05, 4.69) is 0 Å². The van der Waals surface area contributed by atoms with Crippen molar-refractivity contribution < 1.29 is 32.2 Å². The second-order valence-electron chi connectivity index (χ2n) is 7.35. The number of halogens is 3. The van der Waals surface area contributed by atoms with E-state index >= 15 is 0 Å². The molecule has 2 aromatic rings. The minimum absolute atomic E-state index is 0.0134. The van der Waals surface area contributed by atoms with E-state index in [1.807, 2.05) is 19.1 Å². The van der Waals surface area contributed by atoms with E-state index in [-0.39, 0.29) is 18.3 Å². The monoisotopic (exact) mass is 437 g/mol. The first-order chi connectivity index (χ1) is 14.8. The van der Waals surface area contributed by atoms with Crippen molar-refractivity contribution in [1.82, 2.24) is 4.90 Å². The highest BCUT2D eigenvalue weighted by atomic mass is 19.4. The summed E-state index contributed by atoms with van der Waals surface area (Å²) in [5, 5.41) is 0. The van der Waals surface area contributed by atoms with Crippen LogP contribution in [0.4, 0.5) is 13.2 Å². The fourth-order valence-corrected chi connectivity index (χ4v) is 3.80. The highest BCUT2D eigenvalue weighted by molar-refractivity contribution is 5.77. The number of nitrogens with zero attached hydrogens (tertiary/aromatic N) is 1. The van der Waals surface area contributed by atoms with Crippen LogP contribution in [0.3, 0.4) is 0 Å². The van der Waals surface area contributed by atoms with Gasteiger partial charge >= 0.3 is 6.18 Å². The number of methoxy groups -OCH3 is 2. The van der Waals surface area contributed by atoms with Crippen LogP contribution in [0.2, 0.25) is 0 Å². The predicted octanol–water partition coefficient (Wildman–Crippen LogP) is 5.03. The van der Waals surface area contributed by atoms with Crippen molar-refractivity contribution in [3.63, 3.8) is 0 Å². The quantitative estimate of drug-likeness (QED) is 0.610. The minimum Gasteiger partial charge on any atom is -0.493 e. The van der Waals surface area contributed by atoms with Crippen molar-refractivity contribution in [2.75, 3.05) is 27.4 Å². The molecule has 0 spiro atoms. The van der Waals surface area contributed by atoms with Gasteiger partial charge in [-0.15, -0.1) is 0 Å². The fraction of sp³-hybridized carbons (Fsp3) is 0.435. The van der Waals surface area contributed by atoms with Crippen LogP contribution in [0.25, 0.3) is 0 Å². The van der Waals surface area contributed by atoms with Gasteiger partial charge in [-0.1, -0.05) is 13.0 Å². The van der Waals surface area contributed by atoms with Crippen LogP contribution in [-0.4, -0.2) is 38.2 Å². The molecule has 0 aromatic heterocycles. The fourth-order valence-electron chi connectivity index (χ4n) is 3.80. The number of carbonyl (C=O) groups is 1. The van der Waals surface area contributed by atoms with E-state index in [1.165, 1.54) is 19.2 Å². The molecule has 1 aliphatic heterocycles. The molecular formula is C23H26F3NO4. The third-order valence-corrected chi connectivity index (χ3v) is 5.36. The molecule has 2 aromatic carbocycles. The first-order valence-electron chi connectivity index (χ1n) is 10.1. The molecule has 1 amide bonds. The normalized spacial score (nSPS) is 15.9. The van der Waals surface area contributed by atoms with Crippen LogP contribution in [0.15, 0.2) is 36.4 Å². The van der Waals surface area contributed by atoms with E-state index in [4.69, 9.17) is 14.2 Å². The van der Waals surface area contributed by atoms with Crippen LogP contribution in [-0.2, 0) is 17.4 Å². The van der Waals surface area contributed by atoms with Gasteiger partial charge < -0.3 is 19.1 Å². The second kappa shape index (κ2) is 9.49. The number of hydrogen-bond donors (Lipinski definition) is 0. The lowest BCUT2D eigenvalue weighted by Gasteiger charge is -2.37. The Morgan fingerprint density at radius 1 is 1.13 bits per heavy atom. The van der Waals surface area contributed by atoms with E-state index in [0.29, 0.717) is 37.3 Å². The van der Waals surface area contributed by atoms with Gasteiger partial charge in [-0.2, -0.15) is 13.2 Å². The van der Waals surface area contributed by atoms with E-state index < -0.39 is 17.8 Å². The Hall–Kier alpha value is -2.90. The summed E-state index contributed by atoms with van der Waals surface area (Å²) in [4.78, 5) is 14.5. The summed E-state index contributed by atoms with van der Waals surface area (Å²) in [6, 6.07) is 8.00. The molecule has 168 valence electrons. The zero-order valence-corrected chi connectivity index (χ0v) is 17.8. The second-order valence-corrected chi connectivity index (χ2v) is 7.35.